The third-order valence-corrected chi connectivity index (χ3v) is 2.06. The van der Waals surface area contributed by atoms with E-state index in [-0.39, 0.29) is 0 Å². The Kier molecular flexibility index (Phi) is 4.80. The molecule has 0 aliphatic carbocycles. The number of halogens is 1. The van der Waals surface area contributed by atoms with Crippen LogP contribution in [-0.2, 0) is 0 Å². The first kappa shape index (κ1) is 10.0. The highest BCUT2D eigenvalue weighted by Gasteiger charge is 2.00. The Hall–Kier alpha value is 0.0300. The van der Waals surface area contributed by atoms with E-state index in [2.05, 4.69) is 27.7 Å². The Morgan fingerprint density at radius 3 is 2.20 bits per heavy atom. The van der Waals surface area contributed by atoms with Crippen LogP contribution in [0.5, 0.6) is 0 Å². The summed E-state index contributed by atoms with van der Waals surface area (Å²) in [5.74, 6) is 0.675. The largest absolute Gasteiger partial charge is 0.0892 e. The van der Waals surface area contributed by atoms with Crippen LogP contribution in [-0.4, -0.2) is 0 Å². The van der Waals surface area contributed by atoms with Crippen molar-refractivity contribution in [1.29, 1.82) is 0 Å². The second-order valence-electron chi connectivity index (χ2n) is 3.14. The van der Waals surface area contributed by atoms with Crippen LogP contribution in [0.3, 0.4) is 0 Å². The molecule has 0 aliphatic heterocycles. The number of allylic oxidation sites excluding steroid dienone is 2. The van der Waals surface area contributed by atoms with E-state index >= 15 is 0 Å². The summed E-state index contributed by atoms with van der Waals surface area (Å²) < 4.78 is 0. The van der Waals surface area contributed by atoms with E-state index in [1.807, 2.05) is 0 Å². The molecule has 1 heteroatoms. The van der Waals surface area contributed by atoms with E-state index in [4.69, 9.17) is 11.6 Å². The second-order valence-corrected chi connectivity index (χ2v) is 3.59. The molecule has 60 valence electrons. The van der Waals surface area contributed by atoms with Gasteiger partial charge in [-0.3, -0.25) is 0 Å². The first-order valence-corrected chi connectivity index (χ1v) is 4.29. The van der Waals surface area contributed by atoms with E-state index in [9.17, 15) is 0 Å². The molecule has 0 fully saturated rings. The molecule has 10 heavy (non-hydrogen) atoms. The first-order valence-electron chi connectivity index (χ1n) is 3.92. The SMILES string of the molecule is CCC(C)=C(Cl)CC(C)C. The quantitative estimate of drug-likeness (QED) is 0.587. The minimum absolute atomic E-state index is 0.675. The molecular formula is C9H17Cl. The van der Waals surface area contributed by atoms with Gasteiger partial charge in [0.05, 0.1) is 0 Å². The lowest BCUT2D eigenvalue weighted by molar-refractivity contribution is 0.652. The average molecular weight is 161 g/mol. The normalized spacial score (nSPS) is 13.8. The van der Waals surface area contributed by atoms with Gasteiger partial charge in [0.1, 0.15) is 0 Å². The molecule has 0 bridgehead atoms. The van der Waals surface area contributed by atoms with Gasteiger partial charge in [-0.05, 0) is 25.7 Å². The highest BCUT2D eigenvalue weighted by Crippen LogP contribution is 2.20. The summed E-state index contributed by atoms with van der Waals surface area (Å²) in [5.41, 5.74) is 1.33. The van der Waals surface area contributed by atoms with Crippen molar-refractivity contribution in [2.45, 2.75) is 40.5 Å². The van der Waals surface area contributed by atoms with Crippen LogP contribution < -0.4 is 0 Å². The monoisotopic (exact) mass is 160 g/mol. The molecule has 0 unspecified atom stereocenters. The van der Waals surface area contributed by atoms with Crippen LogP contribution in [0.2, 0.25) is 0 Å². The molecule has 0 amide bonds. The number of hydrogen-bond donors (Lipinski definition) is 0. The molecule has 0 spiro atoms. The molecule has 0 saturated heterocycles. The Balaban J connectivity index is 3.92. The molecule has 0 aromatic carbocycles. The van der Waals surface area contributed by atoms with Gasteiger partial charge < -0.3 is 0 Å². The summed E-state index contributed by atoms with van der Waals surface area (Å²) in [6, 6.07) is 0. The molecule has 0 heterocycles. The summed E-state index contributed by atoms with van der Waals surface area (Å²) in [7, 11) is 0. The van der Waals surface area contributed by atoms with Crippen LogP contribution in [0, 0.1) is 5.92 Å². The van der Waals surface area contributed by atoms with Crippen LogP contribution in [0.25, 0.3) is 0 Å². The Morgan fingerprint density at radius 1 is 1.40 bits per heavy atom. The van der Waals surface area contributed by atoms with Gasteiger partial charge in [0.25, 0.3) is 0 Å². The van der Waals surface area contributed by atoms with Gasteiger partial charge in [0.2, 0.25) is 0 Å². The third-order valence-electron chi connectivity index (χ3n) is 1.58. The summed E-state index contributed by atoms with van der Waals surface area (Å²) >= 11 is 6.01. The van der Waals surface area contributed by atoms with Crippen LogP contribution in [0.4, 0.5) is 0 Å². The lowest BCUT2D eigenvalue weighted by atomic mass is 10.1. The molecular weight excluding hydrogens is 144 g/mol. The minimum atomic E-state index is 0.675. The predicted octanol–water partition coefficient (Wildman–Crippen LogP) is 3.96. The van der Waals surface area contributed by atoms with E-state index in [1.165, 1.54) is 5.57 Å². The Labute approximate surface area is 69.3 Å². The Bertz CT molecular complexity index is 123. The van der Waals surface area contributed by atoms with Gasteiger partial charge in [0, 0.05) is 5.03 Å². The second kappa shape index (κ2) is 4.79. The zero-order valence-electron chi connectivity index (χ0n) is 7.37. The summed E-state index contributed by atoms with van der Waals surface area (Å²) in [4.78, 5) is 0. The molecule has 0 aromatic rings. The van der Waals surface area contributed by atoms with Crippen molar-refractivity contribution in [3.05, 3.63) is 10.6 Å². The fourth-order valence-corrected chi connectivity index (χ4v) is 1.17. The maximum atomic E-state index is 6.01. The van der Waals surface area contributed by atoms with Crippen molar-refractivity contribution >= 4 is 11.6 Å². The lowest BCUT2D eigenvalue weighted by Gasteiger charge is -2.05. The van der Waals surface area contributed by atoms with E-state index in [1.54, 1.807) is 0 Å². The molecule has 0 atom stereocenters. The Morgan fingerprint density at radius 2 is 1.90 bits per heavy atom. The molecule has 0 rings (SSSR count). The molecule has 0 nitrogen and oxygen atoms in total. The summed E-state index contributed by atoms with van der Waals surface area (Å²) in [5, 5.41) is 1.05. The maximum Gasteiger partial charge on any atom is 0.0172 e. The van der Waals surface area contributed by atoms with Crippen molar-refractivity contribution in [3.8, 4) is 0 Å². The van der Waals surface area contributed by atoms with E-state index in [0.717, 1.165) is 17.9 Å². The van der Waals surface area contributed by atoms with Crippen molar-refractivity contribution in [2.24, 2.45) is 5.92 Å². The highest BCUT2D eigenvalue weighted by molar-refractivity contribution is 6.29. The fourth-order valence-electron chi connectivity index (χ4n) is 0.724. The molecule has 0 N–H and O–H groups in total. The van der Waals surface area contributed by atoms with Crippen LogP contribution in [0.15, 0.2) is 10.6 Å². The highest BCUT2D eigenvalue weighted by atomic mass is 35.5. The van der Waals surface area contributed by atoms with Crippen LogP contribution >= 0.6 is 11.6 Å². The zero-order valence-corrected chi connectivity index (χ0v) is 8.13. The third kappa shape index (κ3) is 3.94. The predicted molar refractivity (Wildman–Crippen MR) is 48.3 cm³/mol. The topological polar surface area (TPSA) is 0 Å². The lowest BCUT2D eigenvalue weighted by Crippen LogP contribution is -1.88. The van der Waals surface area contributed by atoms with Crippen molar-refractivity contribution in [2.75, 3.05) is 0 Å². The minimum Gasteiger partial charge on any atom is -0.0892 e. The average Bonchev–Trinajstić information content (AvgIpc) is 1.85. The van der Waals surface area contributed by atoms with E-state index < -0.39 is 0 Å². The van der Waals surface area contributed by atoms with Crippen LogP contribution in [0.1, 0.15) is 40.5 Å². The van der Waals surface area contributed by atoms with Gasteiger partial charge in [0.15, 0.2) is 0 Å². The van der Waals surface area contributed by atoms with Gasteiger partial charge in [-0.1, -0.05) is 37.9 Å². The van der Waals surface area contributed by atoms with Gasteiger partial charge in [-0.2, -0.15) is 0 Å². The standard InChI is InChI=1S/C9H17Cl/c1-5-8(4)9(10)6-7(2)3/h7H,5-6H2,1-4H3. The summed E-state index contributed by atoms with van der Waals surface area (Å²) in [6.07, 6.45) is 2.10. The molecule has 0 saturated carbocycles. The first-order chi connectivity index (χ1) is 4.57. The van der Waals surface area contributed by atoms with Gasteiger partial charge in [-0.15, -0.1) is 0 Å². The molecule has 0 radical (unpaired) electrons. The van der Waals surface area contributed by atoms with Crippen molar-refractivity contribution in [1.82, 2.24) is 0 Å². The molecule has 0 aliphatic rings. The van der Waals surface area contributed by atoms with Gasteiger partial charge >= 0.3 is 0 Å². The van der Waals surface area contributed by atoms with Crippen molar-refractivity contribution in [3.63, 3.8) is 0 Å². The fraction of sp³-hybridized carbons (Fsp3) is 0.778. The van der Waals surface area contributed by atoms with Gasteiger partial charge in [-0.25, -0.2) is 0 Å². The van der Waals surface area contributed by atoms with Crippen molar-refractivity contribution < 1.29 is 0 Å². The maximum absolute atomic E-state index is 6.01. The zero-order chi connectivity index (χ0) is 8.15. The molecule has 0 aromatic heterocycles. The number of rotatable bonds is 3. The van der Waals surface area contributed by atoms with E-state index in [0.29, 0.717) is 5.92 Å². The number of hydrogen-bond acceptors (Lipinski definition) is 0. The summed E-state index contributed by atoms with van der Waals surface area (Å²) in [6.45, 7) is 8.61. The smallest absolute Gasteiger partial charge is 0.0172 e.